The first-order valence-electron chi connectivity index (χ1n) is 6.43. The fraction of sp³-hybridized carbons (Fsp3) is 0.400. The van der Waals surface area contributed by atoms with Crippen molar-refractivity contribution in [2.75, 3.05) is 0 Å². The first-order chi connectivity index (χ1) is 9.32. The Labute approximate surface area is 124 Å². The second-order valence-electron chi connectivity index (χ2n) is 5.75. The maximum Gasteiger partial charge on any atom is 0.231 e. The van der Waals surface area contributed by atoms with Gasteiger partial charge in [-0.3, -0.25) is 14.4 Å². The Morgan fingerprint density at radius 1 is 1.20 bits per heavy atom. The van der Waals surface area contributed by atoms with Gasteiger partial charge in [-0.1, -0.05) is 15.9 Å². The SMILES string of the molecule is CC1(C)CCc2c(ccc3c2C(=O)C(Br)C(=O)C3=O)O1. The highest BCUT2D eigenvalue weighted by atomic mass is 79.9. The normalized spacial score (nSPS) is 23.9. The van der Waals surface area contributed by atoms with Crippen LogP contribution in [0, 0.1) is 0 Å². The van der Waals surface area contributed by atoms with E-state index in [9.17, 15) is 14.4 Å². The molecule has 2 aliphatic rings. The van der Waals surface area contributed by atoms with E-state index in [-0.39, 0.29) is 16.9 Å². The molecule has 0 N–H and O–H groups in total. The number of fused-ring (bicyclic) bond motifs is 3. The predicted octanol–water partition coefficient (Wildman–Crippen LogP) is 2.50. The third-order valence-corrected chi connectivity index (χ3v) is 4.64. The number of halogens is 1. The van der Waals surface area contributed by atoms with Crippen molar-refractivity contribution in [2.45, 2.75) is 37.1 Å². The molecule has 104 valence electrons. The van der Waals surface area contributed by atoms with Gasteiger partial charge in [-0.05, 0) is 38.8 Å². The third kappa shape index (κ3) is 1.84. The number of Topliss-reactive ketones (excluding diaryl/α,β-unsaturated/α-hetero) is 3. The molecule has 0 saturated heterocycles. The van der Waals surface area contributed by atoms with E-state index in [4.69, 9.17) is 4.74 Å². The van der Waals surface area contributed by atoms with E-state index in [1.807, 2.05) is 13.8 Å². The van der Waals surface area contributed by atoms with Crippen LogP contribution in [-0.4, -0.2) is 27.8 Å². The van der Waals surface area contributed by atoms with Gasteiger partial charge in [0.05, 0.1) is 0 Å². The molecule has 0 bridgehead atoms. The zero-order chi connectivity index (χ0) is 14.7. The molecule has 0 saturated carbocycles. The van der Waals surface area contributed by atoms with Crippen LogP contribution in [0.1, 0.15) is 46.5 Å². The summed E-state index contributed by atoms with van der Waals surface area (Å²) in [4.78, 5) is 35.0. The largest absolute Gasteiger partial charge is 0.488 e. The van der Waals surface area contributed by atoms with Crippen LogP contribution in [-0.2, 0) is 11.2 Å². The van der Waals surface area contributed by atoms with Crippen molar-refractivity contribution in [1.29, 1.82) is 0 Å². The molecule has 1 heterocycles. The first-order valence-corrected chi connectivity index (χ1v) is 7.35. The molecule has 1 atom stereocenters. The Balaban J connectivity index is 2.21. The fourth-order valence-electron chi connectivity index (χ4n) is 2.71. The Kier molecular flexibility index (Phi) is 2.87. The van der Waals surface area contributed by atoms with E-state index in [0.29, 0.717) is 17.7 Å². The molecule has 0 aromatic heterocycles. The number of rotatable bonds is 0. The van der Waals surface area contributed by atoms with Crippen LogP contribution in [0.3, 0.4) is 0 Å². The van der Waals surface area contributed by atoms with Crippen molar-refractivity contribution in [3.63, 3.8) is 0 Å². The minimum absolute atomic E-state index is 0.206. The quantitative estimate of drug-likeness (QED) is 0.415. The van der Waals surface area contributed by atoms with Crippen molar-refractivity contribution in [1.82, 2.24) is 0 Å². The summed E-state index contributed by atoms with van der Waals surface area (Å²) in [7, 11) is 0. The average molecular weight is 337 g/mol. The van der Waals surface area contributed by atoms with Crippen LogP contribution >= 0.6 is 15.9 Å². The molecule has 1 unspecified atom stereocenters. The molecule has 1 aromatic carbocycles. The molecular formula is C15H13BrO4. The molecule has 20 heavy (non-hydrogen) atoms. The minimum atomic E-state index is -1.07. The summed E-state index contributed by atoms with van der Waals surface area (Å²) in [5, 5.41) is 0. The van der Waals surface area contributed by atoms with E-state index in [1.165, 1.54) is 6.07 Å². The van der Waals surface area contributed by atoms with E-state index in [2.05, 4.69) is 15.9 Å². The monoisotopic (exact) mass is 336 g/mol. The topological polar surface area (TPSA) is 60.4 Å². The lowest BCUT2D eigenvalue weighted by Crippen LogP contribution is -2.40. The molecule has 1 aliphatic carbocycles. The van der Waals surface area contributed by atoms with Gasteiger partial charge >= 0.3 is 0 Å². The van der Waals surface area contributed by atoms with Gasteiger partial charge < -0.3 is 4.74 Å². The van der Waals surface area contributed by atoms with Gasteiger partial charge in [0.15, 0.2) is 5.78 Å². The van der Waals surface area contributed by atoms with Crippen LogP contribution < -0.4 is 4.74 Å². The van der Waals surface area contributed by atoms with Gasteiger partial charge in [-0.25, -0.2) is 0 Å². The number of carbonyl (C=O) groups excluding carboxylic acids is 3. The average Bonchev–Trinajstić information content (AvgIpc) is 2.40. The molecule has 1 aliphatic heterocycles. The van der Waals surface area contributed by atoms with E-state index >= 15 is 0 Å². The smallest absolute Gasteiger partial charge is 0.231 e. The summed E-state index contributed by atoms with van der Waals surface area (Å²) in [6.07, 6.45) is 1.43. The van der Waals surface area contributed by atoms with Crippen molar-refractivity contribution >= 4 is 33.3 Å². The van der Waals surface area contributed by atoms with Crippen LogP contribution in [0.15, 0.2) is 12.1 Å². The zero-order valence-electron chi connectivity index (χ0n) is 11.2. The molecule has 1 aromatic rings. The predicted molar refractivity (Wildman–Crippen MR) is 75.9 cm³/mol. The number of hydrogen-bond donors (Lipinski definition) is 0. The second-order valence-corrected chi connectivity index (χ2v) is 6.66. The summed E-state index contributed by atoms with van der Waals surface area (Å²) in [5.41, 5.74) is 1.02. The summed E-state index contributed by atoms with van der Waals surface area (Å²) in [5.74, 6) is -1.01. The van der Waals surface area contributed by atoms with Crippen LogP contribution in [0.5, 0.6) is 5.75 Å². The van der Waals surface area contributed by atoms with Crippen LogP contribution in [0.25, 0.3) is 0 Å². The Morgan fingerprint density at radius 3 is 2.60 bits per heavy atom. The molecule has 0 spiro atoms. The Morgan fingerprint density at radius 2 is 1.90 bits per heavy atom. The van der Waals surface area contributed by atoms with Crippen molar-refractivity contribution < 1.29 is 19.1 Å². The number of benzene rings is 1. The van der Waals surface area contributed by atoms with Gasteiger partial charge in [0.2, 0.25) is 11.6 Å². The van der Waals surface area contributed by atoms with Crippen molar-refractivity contribution in [3.05, 3.63) is 28.8 Å². The number of ketones is 3. The molecular weight excluding hydrogens is 324 g/mol. The summed E-state index contributed by atoms with van der Waals surface area (Å²) >= 11 is 3.02. The standard InChI is InChI=1S/C15H13BrO4/c1-15(2)6-5-7-9(20-15)4-3-8-10(7)13(18)11(16)14(19)12(8)17/h3-4,11H,5-6H2,1-2H3. The van der Waals surface area contributed by atoms with Gasteiger partial charge in [-0.15, -0.1) is 0 Å². The lowest BCUT2D eigenvalue weighted by molar-refractivity contribution is -0.114. The molecule has 5 heteroatoms. The molecule has 0 amide bonds. The van der Waals surface area contributed by atoms with Gasteiger partial charge in [0, 0.05) is 16.7 Å². The number of hydrogen-bond acceptors (Lipinski definition) is 4. The van der Waals surface area contributed by atoms with Gasteiger partial charge in [0.1, 0.15) is 16.2 Å². The van der Waals surface area contributed by atoms with Crippen molar-refractivity contribution in [3.8, 4) is 5.75 Å². The fourth-order valence-corrected chi connectivity index (χ4v) is 3.15. The second kappa shape index (κ2) is 4.25. The summed E-state index contributed by atoms with van der Waals surface area (Å²) < 4.78 is 5.87. The molecule has 4 nitrogen and oxygen atoms in total. The summed E-state index contributed by atoms with van der Waals surface area (Å²) in [6.45, 7) is 3.97. The Hall–Kier alpha value is -1.49. The van der Waals surface area contributed by atoms with Crippen LogP contribution in [0.4, 0.5) is 0 Å². The lowest BCUT2D eigenvalue weighted by Gasteiger charge is -2.34. The Bertz CT molecular complexity index is 660. The van der Waals surface area contributed by atoms with Crippen molar-refractivity contribution in [2.24, 2.45) is 0 Å². The molecule has 0 fully saturated rings. The number of alkyl halides is 1. The molecule has 0 radical (unpaired) electrons. The number of carbonyl (C=O) groups is 3. The van der Waals surface area contributed by atoms with Gasteiger partial charge in [0.25, 0.3) is 0 Å². The maximum atomic E-state index is 12.3. The maximum absolute atomic E-state index is 12.3. The first kappa shape index (κ1) is 13.5. The zero-order valence-corrected chi connectivity index (χ0v) is 12.7. The summed E-state index contributed by atoms with van der Waals surface area (Å²) in [6, 6.07) is 3.20. The van der Waals surface area contributed by atoms with Crippen LogP contribution in [0.2, 0.25) is 0 Å². The minimum Gasteiger partial charge on any atom is -0.488 e. The molecule has 3 rings (SSSR count). The van der Waals surface area contributed by atoms with E-state index in [1.54, 1.807) is 6.07 Å². The van der Waals surface area contributed by atoms with E-state index < -0.39 is 16.4 Å². The highest BCUT2D eigenvalue weighted by Gasteiger charge is 2.42. The third-order valence-electron chi connectivity index (χ3n) is 3.81. The highest BCUT2D eigenvalue weighted by molar-refractivity contribution is 9.10. The highest BCUT2D eigenvalue weighted by Crippen LogP contribution is 2.39. The van der Waals surface area contributed by atoms with Gasteiger partial charge in [-0.2, -0.15) is 0 Å². The number of ether oxygens (including phenoxy) is 1. The lowest BCUT2D eigenvalue weighted by atomic mass is 9.81. The van der Waals surface area contributed by atoms with E-state index in [0.717, 1.165) is 12.0 Å².